The topological polar surface area (TPSA) is 56.2 Å². The van der Waals surface area contributed by atoms with Crippen molar-refractivity contribution in [1.82, 2.24) is 15.1 Å². The highest BCUT2D eigenvalue weighted by Gasteiger charge is 2.16. The van der Waals surface area contributed by atoms with Gasteiger partial charge in [-0.3, -0.25) is 9.48 Å². The fourth-order valence-electron chi connectivity index (χ4n) is 2.04. The molecular weight excluding hydrogens is 254 g/mol. The van der Waals surface area contributed by atoms with Gasteiger partial charge in [-0.15, -0.1) is 0 Å². The molecule has 0 bridgehead atoms. The summed E-state index contributed by atoms with van der Waals surface area (Å²) in [5.74, 6) is 0.695. The molecule has 1 aromatic heterocycles. The van der Waals surface area contributed by atoms with Gasteiger partial charge >= 0.3 is 0 Å². The molecule has 1 heterocycles. The van der Waals surface area contributed by atoms with Gasteiger partial charge in [0.1, 0.15) is 12.4 Å². The largest absolute Gasteiger partial charge is 0.492 e. The van der Waals surface area contributed by atoms with E-state index in [4.69, 9.17) is 4.74 Å². The van der Waals surface area contributed by atoms with Gasteiger partial charge in [0.2, 0.25) is 0 Å². The molecule has 5 heteroatoms. The van der Waals surface area contributed by atoms with Crippen LogP contribution >= 0.6 is 0 Å². The second-order valence-corrected chi connectivity index (χ2v) is 4.59. The summed E-state index contributed by atoms with van der Waals surface area (Å²) < 4.78 is 7.24. The summed E-state index contributed by atoms with van der Waals surface area (Å²) in [6.45, 7) is 4.62. The van der Waals surface area contributed by atoms with E-state index in [1.807, 2.05) is 51.2 Å². The normalized spacial score (nSPS) is 10.3. The number of benzene rings is 1. The maximum Gasteiger partial charge on any atom is 0.255 e. The first-order valence-corrected chi connectivity index (χ1v) is 6.56. The van der Waals surface area contributed by atoms with E-state index in [0.717, 1.165) is 17.1 Å². The molecule has 20 heavy (non-hydrogen) atoms. The second-order valence-electron chi connectivity index (χ2n) is 4.59. The fraction of sp³-hybridized carbons (Fsp3) is 0.333. The van der Waals surface area contributed by atoms with Crippen molar-refractivity contribution in [2.24, 2.45) is 7.05 Å². The van der Waals surface area contributed by atoms with Crippen LogP contribution in [-0.2, 0) is 7.05 Å². The van der Waals surface area contributed by atoms with Crippen LogP contribution in [0.2, 0.25) is 0 Å². The van der Waals surface area contributed by atoms with Crippen LogP contribution in [0.25, 0.3) is 0 Å². The Morgan fingerprint density at radius 2 is 2.00 bits per heavy atom. The number of ether oxygens (including phenoxy) is 1. The van der Waals surface area contributed by atoms with Crippen molar-refractivity contribution in [3.8, 4) is 5.75 Å². The van der Waals surface area contributed by atoms with Crippen LogP contribution in [0.15, 0.2) is 30.3 Å². The smallest absolute Gasteiger partial charge is 0.255 e. The van der Waals surface area contributed by atoms with Crippen LogP contribution in [0.3, 0.4) is 0 Å². The summed E-state index contributed by atoms with van der Waals surface area (Å²) in [7, 11) is 1.83. The van der Waals surface area contributed by atoms with E-state index in [0.29, 0.717) is 18.7 Å². The molecule has 1 amide bonds. The molecular formula is C15H19N3O2. The number of amides is 1. The molecule has 0 fully saturated rings. The van der Waals surface area contributed by atoms with Crippen LogP contribution in [0, 0.1) is 13.8 Å². The van der Waals surface area contributed by atoms with Crippen molar-refractivity contribution in [3.63, 3.8) is 0 Å². The van der Waals surface area contributed by atoms with E-state index >= 15 is 0 Å². The Labute approximate surface area is 118 Å². The predicted octanol–water partition coefficient (Wildman–Crippen LogP) is 1.85. The van der Waals surface area contributed by atoms with Gasteiger partial charge in [-0.05, 0) is 26.0 Å². The molecule has 0 radical (unpaired) electrons. The summed E-state index contributed by atoms with van der Waals surface area (Å²) >= 11 is 0. The first-order chi connectivity index (χ1) is 9.59. The number of para-hydroxylation sites is 1. The number of rotatable bonds is 5. The summed E-state index contributed by atoms with van der Waals surface area (Å²) in [4.78, 5) is 12.1. The number of hydrogen-bond donors (Lipinski definition) is 1. The highest BCUT2D eigenvalue weighted by molar-refractivity contribution is 5.96. The summed E-state index contributed by atoms with van der Waals surface area (Å²) in [5, 5.41) is 7.08. The molecule has 0 atom stereocenters. The molecule has 2 aromatic rings. The van der Waals surface area contributed by atoms with Gasteiger partial charge in [-0.2, -0.15) is 5.10 Å². The lowest BCUT2D eigenvalue weighted by molar-refractivity contribution is 0.0945. The summed E-state index contributed by atoms with van der Waals surface area (Å²) in [6, 6.07) is 9.53. The van der Waals surface area contributed by atoms with E-state index < -0.39 is 0 Å². The Morgan fingerprint density at radius 3 is 2.60 bits per heavy atom. The van der Waals surface area contributed by atoms with Crippen molar-refractivity contribution < 1.29 is 9.53 Å². The van der Waals surface area contributed by atoms with E-state index in [-0.39, 0.29) is 5.91 Å². The van der Waals surface area contributed by atoms with Gasteiger partial charge in [0, 0.05) is 12.7 Å². The third-order valence-corrected chi connectivity index (χ3v) is 3.14. The van der Waals surface area contributed by atoms with Crippen LogP contribution < -0.4 is 10.1 Å². The molecule has 0 aliphatic carbocycles. The molecule has 0 saturated carbocycles. The Bertz CT molecular complexity index is 591. The van der Waals surface area contributed by atoms with E-state index in [9.17, 15) is 4.79 Å². The molecule has 0 aliphatic heterocycles. The molecule has 106 valence electrons. The zero-order valence-electron chi connectivity index (χ0n) is 12.0. The zero-order chi connectivity index (χ0) is 14.5. The Kier molecular flexibility index (Phi) is 4.40. The van der Waals surface area contributed by atoms with Crippen LogP contribution in [0.4, 0.5) is 0 Å². The molecule has 1 aromatic carbocycles. The molecule has 1 N–H and O–H groups in total. The quantitative estimate of drug-likeness (QED) is 0.846. The maximum atomic E-state index is 12.1. The number of hydrogen-bond acceptors (Lipinski definition) is 3. The highest BCUT2D eigenvalue weighted by Crippen LogP contribution is 2.11. The first-order valence-electron chi connectivity index (χ1n) is 6.56. The van der Waals surface area contributed by atoms with E-state index in [1.54, 1.807) is 4.68 Å². The minimum atomic E-state index is -0.107. The van der Waals surface area contributed by atoms with Crippen molar-refractivity contribution >= 4 is 5.91 Å². The van der Waals surface area contributed by atoms with Gasteiger partial charge < -0.3 is 10.1 Å². The highest BCUT2D eigenvalue weighted by atomic mass is 16.5. The monoisotopic (exact) mass is 273 g/mol. The molecule has 0 unspecified atom stereocenters. The van der Waals surface area contributed by atoms with Crippen molar-refractivity contribution in [3.05, 3.63) is 47.3 Å². The van der Waals surface area contributed by atoms with Gasteiger partial charge in [0.25, 0.3) is 5.91 Å². The third kappa shape index (κ3) is 3.17. The average molecular weight is 273 g/mol. The fourth-order valence-corrected chi connectivity index (χ4v) is 2.04. The standard InChI is InChI=1S/C15H19N3O2/c1-11-14(12(2)18(3)17-11)15(19)16-9-10-20-13-7-5-4-6-8-13/h4-8H,9-10H2,1-3H3,(H,16,19). The second kappa shape index (κ2) is 6.23. The number of aromatic nitrogens is 2. The predicted molar refractivity (Wildman–Crippen MR) is 77.0 cm³/mol. The lowest BCUT2D eigenvalue weighted by Gasteiger charge is -2.08. The SMILES string of the molecule is Cc1nn(C)c(C)c1C(=O)NCCOc1ccccc1. The Morgan fingerprint density at radius 1 is 1.30 bits per heavy atom. The zero-order valence-corrected chi connectivity index (χ0v) is 12.0. The van der Waals surface area contributed by atoms with Crippen LogP contribution in [0.1, 0.15) is 21.7 Å². The third-order valence-electron chi connectivity index (χ3n) is 3.14. The molecule has 5 nitrogen and oxygen atoms in total. The number of carbonyl (C=O) groups excluding carboxylic acids is 1. The van der Waals surface area contributed by atoms with Crippen LogP contribution in [-0.4, -0.2) is 28.8 Å². The number of aryl methyl sites for hydroxylation is 2. The maximum absolute atomic E-state index is 12.1. The van der Waals surface area contributed by atoms with E-state index in [2.05, 4.69) is 10.4 Å². The average Bonchev–Trinajstić information content (AvgIpc) is 2.69. The van der Waals surface area contributed by atoms with Crippen molar-refractivity contribution in [2.45, 2.75) is 13.8 Å². The van der Waals surface area contributed by atoms with E-state index in [1.165, 1.54) is 0 Å². The van der Waals surface area contributed by atoms with Gasteiger partial charge in [-0.25, -0.2) is 0 Å². The Balaban J connectivity index is 1.84. The minimum absolute atomic E-state index is 0.107. The summed E-state index contributed by atoms with van der Waals surface area (Å²) in [5.41, 5.74) is 2.25. The molecule has 2 rings (SSSR count). The van der Waals surface area contributed by atoms with Crippen molar-refractivity contribution in [2.75, 3.05) is 13.2 Å². The molecule has 0 saturated heterocycles. The Hall–Kier alpha value is -2.30. The van der Waals surface area contributed by atoms with Gasteiger partial charge in [0.05, 0.1) is 17.8 Å². The van der Waals surface area contributed by atoms with Crippen molar-refractivity contribution in [1.29, 1.82) is 0 Å². The lowest BCUT2D eigenvalue weighted by atomic mass is 10.2. The first kappa shape index (κ1) is 14.1. The lowest BCUT2D eigenvalue weighted by Crippen LogP contribution is -2.28. The summed E-state index contributed by atoms with van der Waals surface area (Å²) in [6.07, 6.45) is 0. The van der Waals surface area contributed by atoms with Gasteiger partial charge in [-0.1, -0.05) is 18.2 Å². The number of carbonyl (C=O) groups is 1. The van der Waals surface area contributed by atoms with Crippen LogP contribution in [0.5, 0.6) is 5.75 Å². The number of nitrogens with one attached hydrogen (secondary N) is 1. The minimum Gasteiger partial charge on any atom is -0.492 e. The number of nitrogens with zero attached hydrogens (tertiary/aromatic N) is 2. The molecule has 0 aliphatic rings. The molecule has 0 spiro atoms. The van der Waals surface area contributed by atoms with Gasteiger partial charge in [0.15, 0.2) is 0 Å².